The van der Waals surface area contributed by atoms with E-state index in [0.717, 1.165) is 0 Å². The van der Waals surface area contributed by atoms with E-state index in [0.29, 0.717) is 11.3 Å². The zero-order valence-electron chi connectivity index (χ0n) is 17.2. The van der Waals surface area contributed by atoms with Gasteiger partial charge in [0.1, 0.15) is 5.75 Å². The van der Waals surface area contributed by atoms with Crippen LogP contribution in [0.2, 0.25) is 0 Å². The lowest BCUT2D eigenvalue weighted by Crippen LogP contribution is -2.30. The number of amides is 1. The molecule has 0 radical (unpaired) electrons. The van der Waals surface area contributed by atoms with Crippen LogP contribution in [0, 0.1) is 0 Å². The largest absolute Gasteiger partial charge is 0.479 e. The van der Waals surface area contributed by atoms with Crippen LogP contribution in [0.15, 0.2) is 72.8 Å². The van der Waals surface area contributed by atoms with Crippen molar-refractivity contribution >= 4 is 29.1 Å². The number of hydrogen-bond acceptors (Lipinski definition) is 6. The molecule has 1 aliphatic rings. The number of benzene rings is 3. The molecule has 3 aromatic rings. The summed E-state index contributed by atoms with van der Waals surface area (Å²) in [7, 11) is 0. The Hall–Kier alpha value is -4.26. The fraction of sp³-hybridized carbons (Fsp3) is 0.120. The van der Waals surface area contributed by atoms with Crippen molar-refractivity contribution < 1.29 is 28.7 Å². The van der Waals surface area contributed by atoms with Crippen molar-refractivity contribution in [2.45, 2.75) is 13.0 Å². The van der Waals surface area contributed by atoms with Gasteiger partial charge in [-0.15, -0.1) is 0 Å². The number of ketones is 2. The zero-order valence-corrected chi connectivity index (χ0v) is 17.2. The Labute approximate surface area is 184 Å². The second kappa shape index (κ2) is 8.85. The fourth-order valence-corrected chi connectivity index (χ4v) is 3.44. The lowest BCUT2D eigenvalue weighted by molar-refractivity contribution is -0.153. The molecule has 0 aromatic heterocycles. The van der Waals surface area contributed by atoms with E-state index in [4.69, 9.17) is 9.47 Å². The molecule has 0 saturated heterocycles. The van der Waals surface area contributed by atoms with Gasteiger partial charge in [0.05, 0.1) is 11.3 Å². The Kier molecular flexibility index (Phi) is 5.81. The minimum absolute atomic E-state index is 0.122. The molecule has 1 N–H and O–H groups in total. The smallest absolute Gasteiger partial charge is 0.347 e. The van der Waals surface area contributed by atoms with E-state index in [1.807, 2.05) is 6.07 Å². The molecule has 7 nitrogen and oxygen atoms in total. The van der Waals surface area contributed by atoms with Crippen molar-refractivity contribution in [3.63, 3.8) is 0 Å². The van der Waals surface area contributed by atoms with Gasteiger partial charge in [-0.05, 0) is 25.1 Å². The Balaban J connectivity index is 1.43. The van der Waals surface area contributed by atoms with Gasteiger partial charge in [-0.25, -0.2) is 4.79 Å². The molecule has 1 aliphatic carbocycles. The first-order valence-electron chi connectivity index (χ1n) is 9.95. The van der Waals surface area contributed by atoms with Gasteiger partial charge in [0.15, 0.2) is 24.3 Å². The molecule has 0 saturated carbocycles. The maximum absolute atomic E-state index is 13.0. The van der Waals surface area contributed by atoms with Crippen LogP contribution >= 0.6 is 0 Å². The Morgan fingerprint density at radius 2 is 1.44 bits per heavy atom. The third-order valence-electron chi connectivity index (χ3n) is 4.96. The average Bonchev–Trinajstić information content (AvgIpc) is 2.81. The predicted molar refractivity (Wildman–Crippen MR) is 116 cm³/mol. The van der Waals surface area contributed by atoms with Gasteiger partial charge in [0.2, 0.25) is 0 Å². The summed E-state index contributed by atoms with van der Waals surface area (Å²) in [5.41, 5.74) is 1.13. The molecule has 7 heteroatoms. The molecule has 1 atom stereocenters. The van der Waals surface area contributed by atoms with Gasteiger partial charge in [0.25, 0.3) is 5.91 Å². The Bertz CT molecular complexity index is 1220. The van der Waals surface area contributed by atoms with E-state index in [2.05, 4.69) is 5.32 Å². The highest BCUT2D eigenvalue weighted by atomic mass is 16.6. The van der Waals surface area contributed by atoms with Gasteiger partial charge in [-0.2, -0.15) is 0 Å². The van der Waals surface area contributed by atoms with Crippen LogP contribution in [0.25, 0.3) is 0 Å². The summed E-state index contributed by atoms with van der Waals surface area (Å²) in [4.78, 5) is 50.3. The zero-order chi connectivity index (χ0) is 22.7. The van der Waals surface area contributed by atoms with Crippen molar-refractivity contribution in [2.75, 3.05) is 11.9 Å². The number of carbonyl (C=O) groups excluding carboxylic acids is 4. The Morgan fingerprint density at radius 1 is 0.812 bits per heavy atom. The summed E-state index contributed by atoms with van der Waals surface area (Å²) in [6, 6.07) is 20.0. The molecule has 0 spiro atoms. The van der Waals surface area contributed by atoms with E-state index in [-0.39, 0.29) is 33.9 Å². The maximum Gasteiger partial charge on any atom is 0.347 e. The molecule has 32 heavy (non-hydrogen) atoms. The highest BCUT2D eigenvalue weighted by Crippen LogP contribution is 2.31. The third kappa shape index (κ3) is 4.13. The van der Waals surface area contributed by atoms with Crippen LogP contribution in [0.1, 0.15) is 38.8 Å². The lowest BCUT2D eigenvalue weighted by Gasteiger charge is -2.20. The average molecular weight is 429 g/mol. The second-order valence-electron chi connectivity index (χ2n) is 7.16. The first-order valence-corrected chi connectivity index (χ1v) is 9.95. The van der Waals surface area contributed by atoms with Crippen molar-refractivity contribution in [1.82, 2.24) is 0 Å². The summed E-state index contributed by atoms with van der Waals surface area (Å²) in [5.74, 6) is -1.49. The minimum Gasteiger partial charge on any atom is -0.479 e. The van der Waals surface area contributed by atoms with Gasteiger partial charge in [-0.3, -0.25) is 14.4 Å². The summed E-state index contributed by atoms with van der Waals surface area (Å²) >= 11 is 0. The van der Waals surface area contributed by atoms with Crippen molar-refractivity contribution in [3.05, 3.63) is 95.1 Å². The molecular formula is C25H19NO6. The summed E-state index contributed by atoms with van der Waals surface area (Å²) < 4.78 is 10.5. The summed E-state index contributed by atoms with van der Waals surface area (Å²) in [6.45, 7) is 0.951. The van der Waals surface area contributed by atoms with Gasteiger partial charge >= 0.3 is 5.97 Å². The standard InChI is InChI=1S/C25H19NO6/c1-15(32-16-8-3-2-4-9-16)25(30)31-14-21(27)26-20-13-7-12-19-22(20)24(29)18-11-6-5-10-17(18)23(19)28/h2-13,15H,14H2,1H3,(H,26,27). The van der Waals surface area contributed by atoms with E-state index in [1.54, 1.807) is 60.7 Å². The van der Waals surface area contributed by atoms with Gasteiger partial charge in [-0.1, -0.05) is 54.6 Å². The normalized spacial score (nSPS) is 12.9. The quantitative estimate of drug-likeness (QED) is 0.472. The number of fused-ring (bicyclic) bond motifs is 2. The van der Waals surface area contributed by atoms with Crippen molar-refractivity contribution in [3.8, 4) is 5.75 Å². The van der Waals surface area contributed by atoms with Crippen molar-refractivity contribution in [2.24, 2.45) is 0 Å². The van der Waals surface area contributed by atoms with Crippen LogP contribution < -0.4 is 10.1 Å². The van der Waals surface area contributed by atoms with Crippen LogP contribution in [0.3, 0.4) is 0 Å². The highest BCUT2D eigenvalue weighted by molar-refractivity contribution is 6.30. The number of para-hydroxylation sites is 1. The molecule has 3 aromatic carbocycles. The van der Waals surface area contributed by atoms with Gasteiger partial charge < -0.3 is 14.8 Å². The topological polar surface area (TPSA) is 98.8 Å². The van der Waals surface area contributed by atoms with E-state index >= 15 is 0 Å². The molecule has 0 heterocycles. The molecule has 0 aliphatic heterocycles. The van der Waals surface area contributed by atoms with Crippen LogP contribution in [0.4, 0.5) is 5.69 Å². The monoisotopic (exact) mass is 429 g/mol. The van der Waals surface area contributed by atoms with E-state index in [9.17, 15) is 19.2 Å². The number of ether oxygens (including phenoxy) is 2. The second-order valence-corrected chi connectivity index (χ2v) is 7.16. The predicted octanol–water partition coefficient (Wildman–Crippen LogP) is 3.41. The maximum atomic E-state index is 13.0. The number of carbonyl (C=O) groups is 4. The number of anilines is 1. The minimum atomic E-state index is -0.912. The molecule has 1 unspecified atom stereocenters. The SMILES string of the molecule is CC(Oc1ccccc1)C(=O)OCC(=O)Nc1cccc2c1C(=O)c1ccccc1C2=O. The van der Waals surface area contributed by atoms with Crippen LogP contribution in [-0.2, 0) is 14.3 Å². The number of hydrogen-bond donors (Lipinski definition) is 1. The number of nitrogens with one attached hydrogen (secondary N) is 1. The molecular weight excluding hydrogens is 410 g/mol. The Morgan fingerprint density at radius 3 is 2.16 bits per heavy atom. The van der Waals surface area contributed by atoms with E-state index in [1.165, 1.54) is 13.0 Å². The number of rotatable bonds is 6. The highest BCUT2D eigenvalue weighted by Gasteiger charge is 2.31. The van der Waals surface area contributed by atoms with Crippen LogP contribution in [-0.4, -0.2) is 36.2 Å². The molecule has 4 rings (SSSR count). The number of esters is 1. The fourth-order valence-electron chi connectivity index (χ4n) is 3.44. The summed E-state index contributed by atoms with van der Waals surface area (Å²) in [5, 5.41) is 2.57. The first kappa shape index (κ1) is 21.0. The van der Waals surface area contributed by atoms with Crippen molar-refractivity contribution in [1.29, 1.82) is 0 Å². The van der Waals surface area contributed by atoms with E-state index < -0.39 is 24.6 Å². The van der Waals surface area contributed by atoms with Crippen LogP contribution in [0.5, 0.6) is 5.75 Å². The molecule has 0 fully saturated rings. The summed E-state index contributed by atoms with van der Waals surface area (Å²) in [6.07, 6.45) is -0.912. The molecule has 160 valence electrons. The third-order valence-corrected chi connectivity index (χ3v) is 4.96. The lowest BCUT2D eigenvalue weighted by atomic mass is 9.83. The molecule has 0 bridgehead atoms. The first-order chi connectivity index (χ1) is 15.5. The molecule has 1 amide bonds. The van der Waals surface area contributed by atoms with Gasteiger partial charge in [0, 0.05) is 16.7 Å².